The minimum Gasteiger partial charge on any atom is -0.372 e. The zero-order valence-corrected chi connectivity index (χ0v) is 37.4. The average molecular weight is 863 g/mol. The molecule has 2 aromatic heterocycles. The molecule has 2 heterocycles. The van der Waals surface area contributed by atoms with E-state index < -0.39 is 0 Å². The number of nitrogens with zero attached hydrogens (tertiary/aromatic N) is 2. The number of nitrogens with one attached hydrogen (secondary N) is 2. The van der Waals surface area contributed by atoms with Crippen molar-refractivity contribution in [2.45, 2.75) is 19.0 Å². The first kappa shape index (κ1) is 42.4. The van der Waals surface area contributed by atoms with Crippen molar-refractivity contribution in [3.63, 3.8) is 0 Å². The molecule has 322 valence electrons. The Morgan fingerprint density at radius 1 is 0.328 bits per heavy atom. The smallest absolute Gasteiger partial charge is 0.0940 e. The molecule has 0 bridgehead atoms. The van der Waals surface area contributed by atoms with E-state index in [4.69, 9.17) is 9.97 Å². The highest BCUT2D eigenvalue weighted by Crippen LogP contribution is 2.36. The van der Waals surface area contributed by atoms with Gasteiger partial charge in [-0.25, -0.2) is 0 Å². The van der Waals surface area contributed by atoms with Crippen molar-refractivity contribution in [2.75, 3.05) is 10.6 Å². The van der Waals surface area contributed by atoms with Gasteiger partial charge in [0.1, 0.15) is 0 Å². The van der Waals surface area contributed by atoms with E-state index in [9.17, 15) is 0 Å². The highest BCUT2D eigenvalue weighted by molar-refractivity contribution is 5.97. The number of pyridine rings is 2. The maximum Gasteiger partial charge on any atom is 0.0940 e. The molecule has 0 spiro atoms. The topological polar surface area (TPSA) is 49.8 Å². The van der Waals surface area contributed by atoms with Gasteiger partial charge in [0.15, 0.2) is 0 Å². The van der Waals surface area contributed by atoms with Crippen LogP contribution in [-0.4, -0.2) is 9.97 Å². The van der Waals surface area contributed by atoms with Crippen molar-refractivity contribution in [1.82, 2.24) is 9.97 Å². The van der Waals surface area contributed by atoms with Gasteiger partial charge in [-0.15, -0.1) is 0 Å². The molecule has 0 aliphatic heterocycles. The fraction of sp³-hybridized carbons (Fsp3) is 0.0476. The van der Waals surface area contributed by atoms with E-state index in [1.807, 2.05) is 30.3 Å². The highest BCUT2D eigenvalue weighted by atomic mass is 15.0. The molecule has 2 unspecified atom stereocenters. The van der Waals surface area contributed by atoms with Crippen LogP contribution in [0.4, 0.5) is 11.4 Å². The predicted molar refractivity (Wildman–Crippen MR) is 281 cm³/mol. The number of benzene rings is 9. The highest BCUT2D eigenvalue weighted by Gasteiger charge is 2.20. The lowest BCUT2D eigenvalue weighted by Crippen LogP contribution is -2.15. The van der Waals surface area contributed by atoms with Crippen LogP contribution < -0.4 is 10.6 Å². The second-order valence-corrected chi connectivity index (χ2v) is 16.7. The minimum atomic E-state index is -0.0874. The number of hydrogen-bond acceptors (Lipinski definition) is 4. The zero-order chi connectivity index (χ0) is 45.2. The standard InChI is InChI=1S/C33H26N2.C30H24N2/c1-23-21-22-25-12-6-8-17-28(25)32(23)35-33(26-13-3-2-4-14-26)31-20-10-19-30(34-31)29-18-9-15-24-11-5-7-16-27(24)29;1-4-13-23(14-5-1)26-19-10-11-20-28(26)32-30(25-17-8-3-9-18-25)29-22-12-21-27(31-29)24-15-6-2-7-16-24/h2-22,33,35H,1H3;1-22,30,32H. The summed E-state index contributed by atoms with van der Waals surface area (Å²) < 4.78 is 0. The van der Waals surface area contributed by atoms with Crippen molar-refractivity contribution < 1.29 is 0 Å². The summed E-state index contributed by atoms with van der Waals surface area (Å²) in [5.41, 5.74) is 14.4. The molecule has 2 atom stereocenters. The van der Waals surface area contributed by atoms with E-state index in [0.717, 1.165) is 45.3 Å². The fourth-order valence-corrected chi connectivity index (χ4v) is 8.89. The molecule has 2 N–H and O–H groups in total. The Labute approximate surface area is 393 Å². The predicted octanol–water partition coefficient (Wildman–Crippen LogP) is 16.2. The Kier molecular flexibility index (Phi) is 12.7. The molecular formula is C63H50N4. The van der Waals surface area contributed by atoms with Gasteiger partial charge in [-0.2, -0.15) is 0 Å². The number of hydrogen-bond donors (Lipinski definition) is 2. The van der Waals surface area contributed by atoms with Crippen LogP contribution in [-0.2, 0) is 0 Å². The van der Waals surface area contributed by atoms with Crippen LogP contribution in [0.5, 0.6) is 0 Å². The third kappa shape index (κ3) is 9.61. The molecule has 0 aliphatic carbocycles. The van der Waals surface area contributed by atoms with Gasteiger partial charge < -0.3 is 10.6 Å². The first-order valence-electron chi connectivity index (χ1n) is 22.9. The second kappa shape index (κ2) is 20.1. The molecule has 9 aromatic carbocycles. The summed E-state index contributed by atoms with van der Waals surface area (Å²) in [6.45, 7) is 2.16. The maximum atomic E-state index is 5.21. The Balaban J connectivity index is 0.000000157. The number of rotatable bonds is 11. The van der Waals surface area contributed by atoms with Gasteiger partial charge in [-0.3, -0.25) is 9.97 Å². The van der Waals surface area contributed by atoms with Gasteiger partial charge in [0.05, 0.1) is 34.9 Å². The number of aromatic nitrogens is 2. The summed E-state index contributed by atoms with van der Waals surface area (Å²) in [6, 6.07) is 90.6. The van der Waals surface area contributed by atoms with E-state index >= 15 is 0 Å². The van der Waals surface area contributed by atoms with E-state index in [-0.39, 0.29) is 12.1 Å². The number of fused-ring (bicyclic) bond motifs is 2. The molecule has 0 radical (unpaired) electrons. The van der Waals surface area contributed by atoms with Crippen LogP contribution in [0.25, 0.3) is 55.2 Å². The summed E-state index contributed by atoms with van der Waals surface area (Å²) in [4.78, 5) is 10.3. The molecule has 0 saturated heterocycles. The van der Waals surface area contributed by atoms with Crippen LogP contribution in [0.15, 0.2) is 261 Å². The summed E-state index contributed by atoms with van der Waals surface area (Å²) in [5.74, 6) is 0. The Morgan fingerprint density at radius 3 is 1.46 bits per heavy atom. The summed E-state index contributed by atoms with van der Waals surface area (Å²) in [6.07, 6.45) is 0. The molecule has 0 fully saturated rings. The van der Waals surface area contributed by atoms with Crippen LogP contribution in [0.3, 0.4) is 0 Å². The zero-order valence-electron chi connectivity index (χ0n) is 37.4. The molecule has 11 rings (SSSR count). The molecule has 0 aliphatic rings. The molecule has 4 nitrogen and oxygen atoms in total. The van der Waals surface area contributed by atoms with Crippen molar-refractivity contribution in [2.24, 2.45) is 0 Å². The van der Waals surface area contributed by atoms with Gasteiger partial charge in [-0.05, 0) is 75.7 Å². The lowest BCUT2D eigenvalue weighted by Gasteiger charge is -2.23. The summed E-state index contributed by atoms with van der Waals surface area (Å²) in [5, 5.41) is 12.6. The minimum absolute atomic E-state index is 0.0790. The summed E-state index contributed by atoms with van der Waals surface area (Å²) >= 11 is 0. The fourth-order valence-electron chi connectivity index (χ4n) is 8.89. The quantitative estimate of drug-likeness (QED) is 0.136. The molecule has 0 amide bonds. The van der Waals surface area contributed by atoms with Gasteiger partial charge in [0.25, 0.3) is 0 Å². The molecule has 11 aromatic rings. The van der Waals surface area contributed by atoms with Crippen molar-refractivity contribution in [3.05, 3.63) is 289 Å². The third-order valence-corrected chi connectivity index (χ3v) is 12.3. The SMILES string of the molecule is Cc1ccc2ccccc2c1NC(c1ccccc1)c1cccc(-c2cccc3ccccc23)n1.c1ccc(-c2cccc(C(Nc3ccccc3-c3ccccc3)c3ccccc3)n2)cc1. The Morgan fingerprint density at radius 2 is 0.791 bits per heavy atom. The maximum absolute atomic E-state index is 5.21. The average Bonchev–Trinajstić information content (AvgIpc) is 3.41. The summed E-state index contributed by atoms with van der Waals surface area (Å²) in [7, 11) is 0. The normalized spacial score (nSPS) is 11.8. The lowest BCUT2D eigenvalue weighted by molar-refractivity contribution is 0.889. The van der Waals surface area contributed by atoms with E-state index in [2.05, 4.69) is 248 Å². The first-order chi connectivity index (χ1) is 33.2. The van der Waals surface area contributed by atoms with E-state index in [0.29, 0.717) is 0 Å². The lowest BCUT2D eigenvalue weighted by atomic mass is 9.98. The first-order valence-corrected chi connectivity index (χ1v) is 22.9. The van der Waals surface area contributed by atoms with Crippen LogP contribution in [0.2, 0.25) is 0 Å². The van der Waals surface area contributed by atoms with Crippen molar-refractivity contribution in [1.29, 1.82) is 0 Å². The molecule has 0 saturated carbocycles. The van der Waals surface area contributed by atoms with Crippen LogP contribution >= 0.6 is 0 Å². The number of para-hydroxylation sites is 1. The van der Waals surface area contributed by atoms with E-state index in [1.54, 1.807) is 0 Å². The third-order valence-electron chi connectivity index (χ3n) is 12.3. The Bertz CT molecular complexity index is 3370. The molecule has 67 heavy (non-hydrogen) atoms. The van der Waals surface area contributed by atoms with Gasteiger partial charge >= 0.3 is 0 Å². The number of aryl methyl sites for hydroxylation is 1. The molecular weight excluding hydrogens is 813 g/mol. The van der Waals surface area contributed by atoms with E-state index in [1.165, 1.54) is 49.4 Å². The van der Waals surface area contributed by atoms with Crippen molar-refractivity contribution >= 4 is 32.9 Å². The van der Waals surface area contributed by atoms with Gasteiger partial charge in [-0.1, -0.05) is 231 Å². The largest absolute Gasteiger partial charge is 0.372 e. The monoisotopic (exact) mass is 862 g/mol. The second-order valence-electron chi connectivity index (χ2n) is 16.7. The van der Waals surface area contributed by atoms with Crippen LogP contribution in [0, 0.1) is 6.92 Å². The van der Waals surface area contributed by atoms with Crippen LogP contribution in [0.1, 0.15) is 40.2 Å². The van der Waals surface area contributed by atoms with Crippen molar-refractivity contribution in [3.8, 4) is 33.6 Å². The Hall–Kier alpha value is -8.60. The van der Waals surface area contributed by atoms with Gasteiger partial charge in [0.2, 0.25) is 0 Å². The number of anilines is 2. The van der Waals surface area contributed by atoms with Gasteiger partial charge in [0, 0.05) is 33.5 Å². The molecule has 4 heteroatoms.